The maximum atomic E-state index is 11.4. The molecule has 0 heterocycles. The Labute approximate surface area is 148 Å². The number of phenolic OH excluding ortho intramolecular Hbond substituents is 1. The summed E-state index contributed by atoms with van der Waals surface area (Å²) in [5, 5.41) is 18.4. The van der Waals surface area contributed by atoms with Gasteiger partial charge in [0.15, 0.2) is 0 Å². The Bertz CT molecular complexity index is 673. The van der Waals surface area contributed by atoms with Gasteiger partial charge in [-0.05, 0) is 90.9 Å². The van der Waals surface area contributed by atoms with E-state index in [0.29, 0.717) is 23.5 Å². The first-order chi connectivity index (χ1) is 11.4. The molecule has 1 unspecified atom stereocenters. The van der Waals surface area contributed by atoms with Crippen LogP contribution in [-0.4, -0.2) is 21.6 Å². The van der Waals surface area contributed by atoms with Crippen LogP contribution in [0.2, 0.25) is 0 Å². The Kier molecular flexibility index (Phi) is 3.83. The molecule has 0 amide bonds. The van der Waals surface area contributed by atoms with Crippen LogP contribution in [0.1, 0.15) is 56.1 Å². The van der Waals surface area contributed by atoms with Gasteiger partial charge < -0.3 is 10.2 Å². The van der Waals surface area contributed by atoms with Crippen LogP contribution in [0.25, 0.3) is 0 Å². The van der Waals surface area contributed by atoms with Gasteiger partial charge in [-0.25, -0.2) is 0 Å². The van der Waals surface area contributed by atoms with Crippen molar-refractivity contribution in [3.8, 4) is 5.75 Å². The minimum Gasteiger partial charge on any atom is -0.508 e. The molecule has 6 atom stereocenters. The zero-order valence-corrected chi connectivity index (χ0v) is 14.8. The summed E-state index contributed by atoms with van der Waals surface area (Å²) in [6, 6.07) is 5.85. The molecule has 0 aromatic heterocycles. The van der Waals surface area contributed by atoms with Gasteiger partial charge in [0.2, 0.25) is 0 Å². The molecule has 1 aromatic carbocycles. The number of aromatic hydroxyl groups is 1. The van der Waals surface area contributed by atoms with Gasteiger partial charge >= 0.3 is 5.97 Å². The topological polar surface area (TPSA) is 57.5 Å². The second-order valence-corrected chi connectivity index (χ2v) is 8.74. The summed E-state index contributed by atoms with van der Waals surface area (Å²) in [6.07, 6.45) is 6.37. The van der Waals surface area contributed by atoms with Gasteiger partial charge in [-0.3, -0.25) is 4.79 Å². The zero-order chi connectivity index (χ0) is 17.1. The lowest BCUT2D eigenvalue weighted by Gasteiger charge is -2.51. The lowest BCUT2D eigenvalue weighted by Crippen LogP contribution is -2.45. The standard InChI is InChI=1S/C20H25ClO3/c1-20-9-8-14-13-5-3-12(22)10-11(13)2-4-15(14)16(20)6-7-17(20)18(21)19(23)24/h3,5,10,14-18,22H,2,4,6-9H2,1H3,(H,23,24)/t14-,15-,16+,17-,18?,20+/m1/s1. The third kappa shape index (κ3) is 2.28. The number of fused-ring (bicyclic) bond motifs is 5. The number of carboxylic acid groups (broad SMARTS) is 1. The second kappa shape index (κ2) is 5.66. The van der Waals surface area contributed by atoms with Crippen molar-refractivity contribution in [1.29, 1.82) is 0 Å². The van der Waals surface area contributed by atoms with E-state index in [4.69, 9.17) is 11.6 Å². The van der Waals surface area contributed by atoms with Crippen molar-refractivity contribution < 1.29 is 15.0 Å². The molecule has 4 heteroatoms. The number of phenols is 1. The second-order valence-electron chi connectivity index (χ2n) is 8.27. The summed E-state index contributed by atoms with van der Waals surface area (Å²) in [5.41, 5.74) is 2.77. The number of hydrogen-bond acceptors (Lipinski definition) is 2. The van der Waals surface area contributed by atoms with Crippen LogP contribution in [0.3, 0.4) is 0 Å². The van der Waals surface area contributed by atoms with Crippen molar-refractivity contribution >= 4 is 17.6 Å². The van der Waals surface area contributed by atoms with Crippen LogP contribution in [-0.2, 0) is 11.2 Å². The van der Waals surface area contributed by atoms with Crippen LogP contribution in [0.15, 0.2) is 18.2 Å². The quantitative estimate of drug-likeness (QED) is 0.770. The first-order valence-corrected chi connectivity index (χ1v) is 9.54. The van der Waals surface area contributed by atoms with E-state index >= 15 is 0 Å². The minimum atomic E-state index is -0.866. The van der Waals surface area contributed by atoms with Gasteiger partial charge in [0.25, 0.3) is 0 Å². The summed E-state index contributed by atoms with van der Waals surface area (Å²) >= 11 is 6.28. The molecule has 2 N–H and O–H groups in total. The highest BCUT2D eigenvalue weighted by molar-refractivity contribution is 6.29. The molecular weight excluding hydrogens is 324 g/mol. The number of alkyl halides is 1. The highest BCUT2D eigenvalue weighted by Crippen LogP contribution is 2.64. The minimum absolute atomic E-state index is 0.0559. The highest BCUT2D eigenvalue weighted by Gasteiger charge is 2.57. The summed E-state index contributed by atoms with van der Waals surface area (Å²) in [5.74, 6) is 1.34. The largest absolute Gasteiger partial charge is 0.508 e. The lowest BCUT2D eigenvalue weighted by molar-refractivity contribution is -0.139. The summed E-state index contributed by atoms with van der Waals surface area (Å²) < 4.78 is 0. The Morgan fingerprint density at radius 1 is 1.29 bits per heavy atom. The van der Waals surface area contributed by atoms with Crippen LogP contribution in [0.5, 0.6) is 5.75 Å². The van der Waals surface area contributed by atoms with E-state index < -0.39 is 11.3 Å². The van der Waals surface area contributed by atoms with Crippen molar-refractivity contribution in [1.82, 2.24) is 0 Å². The summed E-state index contributed by atoms with van der Waals surface area (Å²) in [4.78, 5) is 11.4. The molecule has 2 saturated carbocycles. The van der Waals surface area contributed by atoms with Crippen molar-refractivity contribution in [3.05, 3.63) is 29.3 Å². The number of benzene rings is 1. The van der Waals surface area contributed by atoms with E-state index in [1.54, 1.807) is 0 Å². The van der Waals surface area contributed by atoms with E-state index in [1.807, 2.05) is 12.1 Å². The van der Waals surface area contributed by atoms with E-state index in [1.165, 1.54) is 11.1 Å². The Hall–Kier alpha value is -1.22. The predicted molar refractivity (Wildman–Crippen MR) is 93.5 cm³/mol. The molecule has 1 aromatic rings. The SMILES string of the molecule is C[C@]12CC[C@@H]3c4ccc(O)cc4CC[C@H]3[C@@H]1CC[C@@H]2C(Cl)C(=O)O. The average Bonchev–Trinajstić information content (AvgIpc) is 2.90. The van der Waals surface area contributed by atoms with Gasteiger partial charge in [0.1, 0.15) is 11.1 Å². The molecule has 130 valence electrons. The van der Waals surface area contributed by atoms with Crippen molar-refractivity contribution in [2.75, 3.05) is 0 Å². The molecule has 0 spiro atoms. The van der Waals surface area contributed by atoms with E-state index in [2.05, 4.69) is 13.0 Å². The molecule has 3 nitrogen and oxygen atoms in total. The zero-order valence-electron chi connectivity index (χ0n) is 14.0. The van der Waals surface area contributed by atoms with Crippen LogP contribution in [0.4, 0.5) is 0 Å². The highest BCUT2D eigenvalue weighted by atomic mass is 35.5. The fourth-order valence-corrected chi connectivity index (χ4v) is 6.68. The van der Waals surface area contributed by atoms with Crippen molar-refractivity contribution in [2.45, 2.75) is 56.7 Å². The van der Waals surface area contributed by atoms with E-state index in [-0.39, 0.29) is 11.3 Å². The van der Waals surface area contributed by atoms with Gasteiger partial charge in [0.05, 0.1) is 0 Å². The maximum Gasteiger partial charge on any atom is 0.321 e. The van der Waals surface area contributed by atoms with Gasteiger partial charge in [-0.1, -0.05) is 13.0 Å². The monoisotopic (exact) mass is 348 g/mol. The third-order valence-corrected chi connectivity index (χ3v) is 7.86. The number of halogens is 1. The summed E-state index contributed by atoms with van der Waals surface area (Å²) in [6.45, 7) is 2.29. The van der Waals surface area contributed by atoms with E-state index in [9.17, 15) is 15.0 Å². The number of carboxylic acids is 1. The fraction of sp³-hybridized carbons (Fsp3) is 0.650. The molecule has 0 bridgehead atoms. The number of aryl methyl sites for hydroxylation is 1. The molecule has 3 aliphatic carbocycles. The molecule has 4 rings (SSSR count). The Morgan fingerprint density at radius 3 is 2.83 bits per heavy atom. The van der Waals surface area contributed by atoms with Gasteiger partial charge in [-0.2, -0.15) is 0 Å². The van der Waals surface area contributed by atoms with Crippen LogP contribution >= 0.6 is 11.6 Å². The van der Waals surface area contributed by atoms with Crippen LogP contribution < -0.4 is 0 Å². The van der Waals surface area contributed by atoms with Crippen molar-refractivity contribution in [2.24, 2.45) is 23.2 Å². The van der Waals surface area contributed by atoms with E-state index in [0.717, 1.165) is 38.5 Å². The third-order valence-electron chi connectivity index (χ3n) is 7.37. The molecule has 24 heavy (non-hydrogen) atoms. The first kappa shape index (κ1) is 16.3. The lowest BCUT2D eigenvalue weighted by atomic mass is 9.54. The number of aliphatic carboxylic acids is 1. The Morgan fingerprint density at radius 2 is 2.08 bits per heavy atom. The number of hydrogen-bond donors (Lipinski definition) is 2. The fourth-order valence-electron chi connectivity index (χ4n) is 6.26. The molecule has 2 fully saturated rings. The maximum absolute atomic E-state index is 11.4. The smallest absolute Gasteiger partial charge is 0.321 e. The average molecular weight is 349 g/mol. The molecular formula is C20H25ClO3. The molecule has 0 aliphatic heterocycles. The summed E-state index contributed by atoms with van der Waals surface area (Å²) in [7, 11) is 0. The molecule has 0 saturated heterocycles. The predicted octanol–water partition coefficient (Wildman–Crippen LogP) is 4.56. The Balaban J connectivity index is 1.64. The molecule has 3 aliphatic rings. The molecule has 0 radical (unpaired) electrons. The first-order valence-electron chi connectivity index (χ1n) is 9.10. The number of carbonyl (C=O) groups is 1. The van der Waals surface area contributed by atoms with Crippen LogP contribution in [0, 0.1) is 23.2 Å². The van der Waals surface area contributed by atoms with Gasteiger partial charge in [0, 0.05) is 0 Å². The normalized spacial score (nSPS) is 38.8. The van der Waals surface area contributed by atoms with Gasteiger partial charge in [-0.15, -0.1) is 11.6 Å². The number of rotatable bonds is 2. The van der Waals surface area contributed by atoms with Crippen molar-refractivity contribution in [3.63, 3.8) is 0 Å².